The van der Waals surface area contributed by atoms with Crippen molar-refractivity contribution in [1.29, 1.82) is 0 Å². The topological polar surface area (TPSA) is 179 Å². The molecular formula is C62H76N4O10S2. The summed E-state index contributed by atoms with van der Waals surface area (Å²) in [5.74, 6) is 0.0518. The number of nitrogens with zero attached hydrogens (tertiary/aromatic N) is 4. The van der Waals surface area contributed by atoms with E-state index in [-0.39, 0.29) is 46.8 Å². The van der Waals surface area contributed by atoms with Gasteiger partial charge in [0.05, 0.1) is 44.6 Å². The maximum atomic E-state index is 13.0. The van der Waals surface area contributed by atoms with Crippen molar-refractivity contribution in [3.05, 3.63) is 111 Å². The third-order valence-electron chi connectivity index (χ3n) is 13.7. The van der Waals surface area contributed by atoms with Crippen LogP contribution in [0.4, 0.5) is 11.4 Å². The van der Waals surface area contributed by atoms with Gasteiger partial charge in [0.2, 0.25) is 0 Å². The number of esters is 3. The summed E-state index contributed by atoms with van der Waals surface area (Å²) in [6.45, 7) is 28.1. The third-order valence-corrected chi connectivity index (χ3v) is 15.8. The van der Waals surface area contributed by atoms with Gasteiger partial charge < -0.3 is 33.5 Å². The second kappa shape index (κ2) is 24.2. The van der Waals surface area contributed by atoms with Crippen molar-refractivity contribution in [2.45, 2.75) is 169 Å². The number of aldehydes is 1. The van der Waals surface area contributed by atoms with Crippen LogP contribution in [0.25, 0.3) is 42.0 Å². The second-order valence-corrected chi connectivity index (χ2v) is 25.7. The van der Waals surface area contributed by atoms with Crippen molar-refractivity contribution in [2.24, 2.45) is 0 Å². The highest BCUT2D eigenvalue weighted by Gasteiger charge is 2.38. The number of phenols is 1. The van der Waals surface area contributed by atoms with Crippen LogP contribution in [0.3, 0.4) is 0 Å². The number of phenolic OH excluding ortho intramolecular Hbond substituents is 1. The minimum Gasteiger partial charge on any atom is -0.507 e. The Bertz CT molecular complexity index is 3290. The molecule has 2 aliphatic heterocycles. The minimum atomic E-state index is -0.482. The normalized spacial score (nSPS) is 16.5. The molecule has 7 aromatic rings. The molecule has 0 amide bonds. The van der Waals surface area contributed by atoms with E-state index in [1.165, 1.54) is 28.2 Å². The van der Waals surface area contributed by atoms with E-state index in [1.54, 1.807) is 19.1 Å². The molecule has 9 rings (SSSR count). The fourth-order valence-electron chi connectivity index (χ4n) is 10.6. The van der Waals surface area contributed by atoms with Crippen molar-refractivity contribution in [2.75, 3.05) is 29.5 Å². The summed E-state index contributed by atoms with van der Waals surface area (Å²) in [6, 6.07) is 25.3. The first-order chi connectivity index (χ1) is 36.6. The second-order valence-electron chi connectivity index (χ2n) is 23.5. The Hall–Kier alpha value is -6.65. The van der Waals surface area contributed by atoms with E-state index in [0.29, 0.717) is 85.2 Å². The Morgan fingerprint density at radius 2 is 1.24 bits per heavy atom. The van der Waals surface area contributed by atoms with Crippen LogP contribution >= 0.6 is 22.7 Å². The predicted octanol–water partition coefficient (Wildman–Crippen LogP) is 14.1. The van der Waals surface area contributed by atoms with Gasteiger partial charge in [-0.15, -0.1) is 22.7 Å². The van der Waals surface area contributed by atoms with Crippen LogP contribution in [0.2, 0.25) is 0 Å². The molecular weight excluding hydrogens is 1020 g/mol. The first-order valence-corrected chi connectivity index (χ1v) is 28.6. The highest BCUT2D eigenvalue weighted by Crippen LogP contribution is 2.47. The fraction of sp³-hybridized carbons (Fsp3) is 0.468. The maximum Gasteiger partial charge on any atom is 0.346 e. The molecule has 416 valence electrons. The van der Waals surface area contributed by atoms with Crippen molar-refractivity contribution >= 4 is 89.6 Å². The SMILES string of the molecule is CC1CC(C)(C)N(CCCC(=O)OC(C)(C)C)c2cc(O)c(C=O)cc21.CC1CC(C)(C)N(CCCC(=O)OC(C)(C)C)c2cc3oc(=O)c(-c4nc5ccccc5s4)cc3cc21.CCOC(=O)Cc1nc2ccccc2s1. The summed E-state index contributed by atoms with van der Waals surface area (Å²) >= 11 is 3.04. The molecule has 3 aromatic heterocycles. The molecule has 4 aromatic carbocycles. The largest absolute Gasteiger partial charge is 0.507 e. The number of anilines is 2. The van der Waals surface area contributed by atoms with Crippen LogP contribution in [0.15, 0.2) is 88.1 Å². The highest BCUT2D eigenvalue weighted by molar-refractivity contribution is 7.21. The van der Waals surface area contributed by atoms with Crippen LogP contribution in [0.5, 0.6) is 5.75 Å². The van der Waals surface area contributed by atoms with Crippen LogP contribution in [0, 0.1) is 0 Å². The van der Waals surface area contributed by atoms with Crippen LogP contribution in [0.1, 0.15) is 167 Å². The molecule has 14 nitrogen and oxygen atoms in total. The van der Waals surface area contributed by atoms with Crippen molar-refractivity contribution in [3.63, 3.8) is 0 Å². The summed E-state index contributed by atoms with van der Waals surface area (Å²) < 4.78 is 23.8. The minimum absolute atomic E-state index is 0.000734. The highest BCUT2D eigenvalue weighted by atomic mass is 32.1. The molecule has 0 fully saturated rings. The number of rotatable bonds is 13. The summed E-state index contributed by atoms with van der Waals surface area (Å²) in [7, 11) is 0. The van der Waals surface area contributed by atoms with Crippen LogP contribution in [-0.4, -0.2) is 81.2 Å². The van der Waals surface area contributed by atoms with Gasteiger partial charge in [0.25, 0.3) is 0 Å². The zero-order valence-electron chi connectivity index (χ0n) is 47.5. The number of thiazole rings is 2. The molecule has 0 saturated carbocycles. The van der Waals surface area contributed by atoms with Crippen LogP contribution < -0.4 is 15.4 Å². The molecule has 0 radical (unpaired) electrons. The molecule has 5 heterocycles. The van der Waals surface area contributed by atoms with Crippen LogP contribution in [-0.2, 0) is 35.0 Å². The lowest BCUT2D eigenvalue weighted by atomic mass is 9.79. The summed E-state index contributed by atoms with van der Waals surface area (Å²) in [5.41, 5.74) is 5.98. The number of para-hydroxylation sites is 2. The van der Waals surface area contributed by atoms with Gasteiger partial charge in [0.15, 0.2) is 6.29 Å². The Labute approximate surface area is 466 Å². The van der Waals surface area contributed by atoms with Gasteiger partial charge in [-0.25, -0.2) is 14.8 Å². The molecule has 2 atom stereocenters. The van der Waals surface area contributed by atoms with Gasteiger partial charge in [-0.3, -0.25) is 19.2 Å². The molecule has 0 spiro atoms. The molecule has 2 unspecified atom stereocenters. The smallest absolute Gasteiger partial charge is 0.346 e. The van der Waals surface area contributed by atoms with Gasteiger partial charge in [-0.1, -0.05) is 38.1 Å². The molecule has 2 aliphatic rings. The van der Waals surface area contributed by atoms with Gasteiger partial charge >= 0.3 is 23.5 Å². The summed E-state index contributed by atoms with van der Waals surface area (Å²) in [5, 5.41) is 12.5. The van der Waals surface area contributed by atoms with E-state index in [1.807, 2.05) is 102 Å². The van der Waals surface area contributed by atoms with Gasteiger partial charge in [-0.2, -0.15) is 0 Å². The molecule has 0 aliphatic carbocycles. The van der Waals surface area contributed by atoms with Gasteiger partial charge in [-0.05, 0) is 167 Å². The lowest BCUT2D eigenvalue weighted by Crippen LogP contribution is -2.49. The number of aromatic nitrogens is 2. The molecule has 0 saturated heterocycles. The molecule has 78 heavy (non-hydrogen) atoms. The van der Waals surface area contributed by atoms with Crippen molar-refractivity contribution in [1.82, 2.24) is 9.97 Å². The summed E-state index contributed by atoms with van der Waals surface area (Å²) in [4.78, 5) is 73.3. The van der Waals surface area contributed by atoms with E-state index in [9.17, 15) is 29.1 Å². The van der Waals surface area contributed by atoms with E-state index in [4.69, 9.17) is 18.6 Å². The van der Waals surface area contributed by atoms with Gasteiger partial charge in [0, 0.05) is 65.9 Å². The lowest BCUT2D eigenvalue weighted by molar-refractivity contribution is -0.156. The number of benzene rings is 4. The molecule has 0 bridgehead atoms. The lowest BCUT2D eigenvalue weighted by Gasteiger charge is -2.47. The Kier molecular flexibility index (Phi) is 18.3. The zero-order valence-corrected chi connectivity index (χ0v) is 49.2. The number of fused-ring (bicyclic) bond motifs is 5. The average molecular weight is 1100 g/mol. The monoisotopic (exact) mass is 1100 g/mol. The Morgan fingerprint density at radius 3 is 1.76 bits per heavy atom. The maximum absolute atomic E-state index is 13.0. The number of carbonyl (C=O) groups excluding carboxylic acids is 4. The number of carbonyl (C=O) groups is 4. The van der Waals surface area contributed by atoms with E-state index in [2.05, 4.69) is 67.4 Å². The van der Waals surface area contributed by atoms with E-state index in [0.717, 1.165) is 60.6 Å². The fourth-order valence-corrected chi connectivity index (χ4v) is 12.5. The number of hydrogen-bond acceptors (Lipinski definition) is 16. The first-order valence-electron chi connectivity index (χ1n) is 26.9. The summed E-state index contributed by atoms with van der Waals surface area (Å²) in [6.07, 6.45) is 4.96. The van der Waals surface area contributed by atoms with Crippen molar-refractivity contribution in [3.8, 4) is 16.3 Å². The molecule has 1 N–H and O–H groups in total. The van der Waals surface area contributed by atoms with Crippen molar-refractivity contribution < 1.29 is 42.9 Å². The number of aromatic hydroxyl groups is 1. The Balaban J connectivity index is 0.000000186. The quantitative estimate of drug-likeness (QED) is 0.0499. The third kappa shape index (κ3) is 14.7. The predicted molar refractivity (Wildman–Crippen MR) is 314 cm³/mol. The molecule has 16 heteroatoms. The Morgan fingerprint density at radius 1 is 0.731 bits per heavy atom. The van der Waals surface area contributed by atoms with E-state index >= 15 is 0 Å². The number of hydrogen-bond donors (Lipinski definition) is 1. The zero-order chi connectivity index (χ0) is 56.9. The first kappa shape index (κ1) is 59.0. The van der Waals surface area contributed by atoms with E-state index < -0.39 is 11.2 Å². The average Bonchev–Trinajstić information content (AvgIpc) is 4.05. The van der Waals surface area contributed by atoms with Gasteiger partial charge in [0.1, 0.15) is 32.5 Å². The standard InChI is InChI=1S/C30H34N2O4S.C21H31NO4.C11H11NO2S/c1-18-17-30(5,6)32(13-9-12-26(33)36-29(2,3)4)23-16-24-19(14-20(18)23)15-21(28(34)35-24)27-31-22-10-7-8-11-25(22)37-27;1-14-12-21(5,6)22(9-7-8-19(25)26-20(2,3)4)17-11-18(24)15(13-23)10-16(14)17;1-2-14-11(13)7-10-12-8-5-3-4-6-9(8)15-10/h7-8,10-11,14-16,18H,9,12-13,17H2,1-6H3;10-11,13-14,24H,7-9,12H2,1-6H3;3-6H,2,7H2,1H3. The number of ether oxygens (including phenoxy) is 3.